The molecular weight excluding hydrogens is 302 g/mol. The van der Waals surface area contributed by atoms with E-state index >= 15 is 0 Å². The van der Waals surface area contributed by atoms with Crippen LogP contribution in [0.2, 0.25) is 0 Å². The highest BCUT2D eigenvalue weighted by Gasteiger charge is 2.22. The molecule has 7 nitrogen and oxygen atoms in total. The minimum Gasteiger partial charge on any atom is -0.497 e. The van der Waals surface area contributed by atoms with Crippen molar-refractivity contribution in [3.8, 4) is 5.75 Å². The maximum atomic E-state index is 11.8. The fourth-order valence-electron chi connectivity index (χ4n) is 2.07. The summed E-state index contributed by atoms with van der Waals surface area (Å²) >= 11 is 0. The molecule has 0 fully saturated rings. The van der Waals surface area contributed by atoms with Crippen LogP contribution in [0.1, 0.15) is 23.1 Å². The molecule has 0 saturated heterocycles. The number of hydrogen-bond donors (Lipinski definition) is 3. The SMILES string of the molecule is COc1cc(C)c(/C=C/C(=O)NC(CC(=O)O)C(=O)O)c(C)c1. The van der Waals surface area contributed by atoms with Crippen molar-refractivity contribution >= 4 is 23.9 Å². The second kappa shape index (κ2) is 7.98. The summed E-state index contributed by atoms with van der Waals surface area (Å²) in [6, 6.07) is 2.16. The Morgan fingerprint density at radius 3 is 2.22 bits per heavy atom. The Morgan fingerprint density at radius 2 is 1.78 bits per heavy atom. The Bertz CT molecular complexity index is 627. The third-order valence-electron chi connectivity index (χ3n) is 3.20. The topological polar surface area (TPSA) is 113 Å². The van der Waals surface area contributed by atoms with Gasteiger partial charge in [-0.1, -0.05) is 0 Å². The number of rotatable bonds is 7. The lowest BCUT2D eigenvalue weighted by molar-refractivity contribution is -0.146. The highest BCUT2D eigenvalue weighted by Crippen LogP contribution is 2.22. The second-order valence-corrected chi connectivity index (χ2v) is 5.01. The van der Waals surface area contributed by atoms with E-state index in [0.29, 0.717) is 5.75 Å². The largest absolute Gasteiger partial charge is 0.497 e. The minimum atomic E-state index is -1.47. The number of carboxylic acids is 2. The predicted octanol–water partition coefficient (Wildman–Crippen LogP) is 1.37. The molecule has 0 spiro atoms. The third-order valence-corrected chi connectivity index (χ3v) is 3.20. The van der Waals surface area contributed by atoms with Gasteiger partial charge in [-0.25, -0.2) is 4.79 Å². The van der Waals surface area contributed by atoms with Crippen molar-refractivity contribution in [2.45, 2.75) is 26.3 Å². The van der Waals surface area contributed by atoms with Crippen LogP contribution in [0, 0.1) is 13.8 Å². The fraction of sp³-hybridized carbons (Fsp3) is 0.312. The molecule has 0 aliphatic heterocycles. The molecule has 0 bridgehead atoms. The summed E-state index contributed by atoms with van der Waals surface area (Å²) in [6.45, 7) is 3.72. The number of carboxylic acid groups (broad SMARTS) is 2. The summed E-state index contributed by atoms with van der Waals surface area (Å²) in [5, 5.41) is 19.7. The van der Waals surface area contributed by atoms with E-state index in [-0.39, 0.29) is 0 Å². The van der Waals surface area contributed by atoms with Gasteiger partial charge in [-0.15, -0.1) is 0 Å². The van der Waals surface area contributed by atoms with E-state index in [0.717, 1.165) is 16.7 Å². The molecule has 0 aliphatic rings. The van der Waals surface area contributed by atoms with Crippen LogP contribution in [-0.2, 0) is 14.4 Å². The second-order valence-electron chi connectivity index (χ2n) is 5.01. The minimum absolute atomic E-state index is 0.673. The van der Waals surface area contributed by atoms with Crippen LogP contribution in [0.3, 0.4) is 0 Å². The van der Waals surface area contributed by atoms with Gasteiger partial charge in [-0.2, -0.15) is 0 Å². The number of nitrogens with one attached hydrogen (secondary N) is 1. The van der Waals surface area contributed by atoms with E-state index in [1.165, 1.54) is 6.08 Å². The Hall–Kier alpha value is -2.83. The van der Waals surface area contributed by atoms with Gasteiger partial charge in [-0.3, -0.25) is 9.59 Å². The molecule has 0 heterocycles. The monoisotopic (exact) mass is 321 g/mol. The summed E-state index contributed by atoms with van der Waals surface area (Å²) in [4.78, 5) is 33.3. The van der Waals surface area contributed by atoms with Crippen LogP contribution < -0.4 is 10.1 Å². The molecule has 1 rings (SSSR count). The van der Waals surface area contributed by atoms with Gasteiger partial charge in [-0.05, 0) is 48.7 Å². The quantitative estimate of drug-likeness (QED) is 0.654. The highest BCUT2D eigenvalue weighted by molar-refractivity contribution is 5.95. The van der Waals surface area contributed by atoms with Crippen LogP contribution >= 0.6 is 0 Å². The van der Waals surface area contributed by atoms with Gasteiger partial charge >= 0.3 is 11.9 Å². The Labute approximate surface area is 133 Å². The first-order valence-corrected chi connectivity index (χ1v) is 6.83. The summed E-state index contributed by atoms with van der Waals surface area (Å²) in [5.41, 5.74) is 2.60. The van der Waals surface area contributed by atoms with Gasteiger partial charge in [0.1, 0.15) is 11.8 Å². The van der Waals surface area contributed by atoms with Gasteiger partial charge in [0, 0.05) is 6.08 Å². The summed E-state index contributed by atoms with van der Waals surface area (Å²) in [5.74, 6) is -2.67. The molecule has 3 N–H and O–H groups in total. The average molecular weight is 321 g/mol. The molecular formula is C16H19NO6. The first kappa shape index (κ1) is 18.2. The molecule has 0 radical (unpaired) electrons. The third kappa shape index (κ3) is 5.46. The van der Waals surface area contributed by atoms with E-state index in [4.69, 9.17) is 14.9 Å². The zero-order chi connectivity index (χ0) is 17.6. The Morgan fingerprint density at radius 1 is 1.22 bits per heavy atom. The first-order valence-electron chi connectivity index (χ1n) is 6.83. The number of benzene rings is 1. The van der Waals surface area contributed by atoms with Crippen molar-refractivity contribution in [2.75, 3.05) is 7.11 Å². The molecule has 0 aliphatic carbocycles. The standard InChI is InChI=1S/C16H19NO6/c1-9-6-11(23-3)7-10(2)12(9)4-5-14(18)17-13(16(21)22)8-15(19)20/h4-7,13H,8H2,1-3H3,(H,17,18)(H,19,20)(H,21,22)/b5-4+. The van der Waals surface area contributed by atoms with Crippen LogP contribution in [0.4, 0.5) is 0 Å². The highest BCUT2D eigenvalue weighted by atomic mass is 16.5. The average Bonchev–Trinajstić information content (AvgIpc) is 2.44. The van der Waals surface area contributed by atoms with Crippen molar-refractivity contribution in [3.63, 3.8) is 0 Å². The number of carbonyl (C=O) groups is 3. The van der Waals surface area contributed by atoms with Gasteiger partial charge in [0.2, 0.25) is 5.91 Å². The molecule has 23 heavy (non-hydrogen) atoms. The maximum absolute atomic E-state index is 11.8. The molecule has 1 aromatic rings. The molecule has 0 aromatic heterocycles. The van der Waals surface area contributed by atoms with Crippen LogP contribution in [0.5, 0.6) is 5.75 Å². The molecule has 7 heteroatoms. The normalized spacial score (nSPS) is 12.0. The lowest BCUT2D eigenvalue weighted by Crippen LogP contribution is -2.41. The van der Waals surface area contributed by atoms with E-state index in [2.05, 4.69) is 5.32 Å². The zero-order valence-corrected chi connectivity index (χ0v) is 13.1. The van der Waals surface area contributed by atoms with Gasteiger partial charge in [0.25, 0.3) is 0 Å². The molecule has 1 aromatic carbocycles. The summed E-state index contributed by atoms with van der Waals surface area (Å²) in [7, 11) is 1.56. The van der Waals surface area contributed by atoms with E-state index in [1.807, 2.05) is 26.0 Å². The van der Waals surface area contributed by atoms with E-state index in [1.54, 1.807) is 13.2 Å². The maximum Gasteiger partial charge on any atom is 0.326 e. The number of carbonyl (C=O) groups excluding carboxylic acids is 1. The van der Waals surface area contributed by atoms with Gasteiger partial charge in [0.15, 0.2) is 0 Å². The smallest absolute Gasteiger partial charge is 0.326 e. The number of ether oxygens (including phenoxy) is 1. The Kier molecular flexibility index (Phi) is 6.32. The lowest BCUT2D eigenvalue weighted by Gasteiger charge is -2.11. The van der Waals surface area contributed by atoms with Crippen LogP contribution in [-0.4, -0.2) is 41.2 Å². The van der Waals surface area contributed by atoms with Gasteiger partial charge < -0.3 is 20.3 Å². The van der Waals surface area contributed by atoms with Gasteiger partial charge in [0.05, 0.1) is 13.5 Å². The first-order chi connectivity index (χ1) is 10.7. The molecule has 1 amide bonds. The number of methoxy groups -OCH3 is 1. The van der Waals surface area contributed by atoms with E-state index < -0.39 is 30.3 Å². The zero-order valence-electron chi connectivity index (χ0n) is 13.1. The van der Waals surface area contributed by atoms with Crippen LogP contribution in [0.25, 0.3) is 6.08 Å². The fourth-order valence-corrected chi connectivity index (χ4v) is 2.07. The summed E-state index contributed by atoms with van der Waals surface area (Å²) < 4.78 is 5.15. The predicted molar refractivity (Wildman–Crippen MR) is 83.3 cm³/mol. The number of aliphatic carboxylic acids is 2. The number of hydrogen-bond acceptors (Lipinski definition) is 4. The summed E-state index contributed by atoms with van der Waals surface area (Å²) in [6.07, 6.45) is 2.05. The molecule has 1 unspecified atom stereocenters. The molecule has 1 atom stereocenters. The van der Waals surface area contributed by atoms with Crippen molar-refractivity contribution < 1.29 is 29.3 Å². The van der Waals surface area contributed by atoms with Crippen LogP contribution in [0.15, 0.2) is 18.2 Å². The number of amides is 1. The molecule has 0 saturated carbocycles. The number of aryl methyl sites for hydroxylation is 2. The van der Waals surface area contributed by atoms with Crippen molar-refractivity contribution in [1.82, 2.24) is 5.32 Å². The van der Waals surface area contributed by atoms with Crippen molar-refractivity contribution in [2.24, 2.45) is 0 Å². The Balaban J connectivity index is 2.86. The molecule has 124 valence electrons. The van der Waals surface area contributed by atoms with E-state index in [9.17, 15) is 14.4 Å². The lowest BCUT2D eigenvalue weighted by atomic mass is 10.0. The van der Waals surface area contributed by atoms with Crippen molar-refractivity contribution in [3.05, 3.63) is 34.9 Å². The van der Waals surface area contributed by atoms with Crippen molar-refractivity contribution in [1.29, 1.82) is 0 Å².